The van der Waals surface area contributed by atoms with Crippen LogP contribution in [0.3, 0.4) is 0 Å². The smallest absolute Gasteiger partial charge is 0.335 e. The van der Waals surface area contributed by atoms with Gasteiger partial charge in [0.25, 0.3) is 0 Å². The van der Waals surface area contributed by atoms with Crippen LogP contribution in [0, 0.1) is 11.7 Å². The van der Waals surface area contributed by atoms with Gasteiger partial charge in [0.05, 0.1) is 33.6 Å². The maximum absolute atomic E-state index is 16.2. The van der Waals surface area contributed by atoms with Gasteiger partial charge >= 0.3 is 5.97 Å². The predicted octanol–water partition coefficient (Wildman–Crippen LogP) is 6.23. The van der Waals surface area contributed by atoms with Crippen LogP contribution in [0.25, 0.3) is 10.9 Å². The van der Waals surface area contributed by atoms with E-state index in [0.29, 0.717) is 45.5 Å². The van der Waals surface area contributed by atoms with Crippen molar-refractivity contribution >= 4 is 51.7 Å². The SMILES string of the molecule is C[C@@H]1Oc2c3ccc(C(=O)O)cc3nn2[C@@H]2[C@H]1N(CC1CC1)[C@@]1(C(=O)Nc3cc(Cl)ccc31)[C@H]2c1cccc(Cl)c1F. The topological polar surface area (TPSA) is 96.7 Å². The number of carbonyl (C=O) groups excluding carboxylic acids is 1. The number of fused-ring (bicyclic) bond motifs is 7. The molecule has 1 aliphatic carbocycles. The number of rotatable bonds is 4. The highest BCUT2D eigenvalue weighted by Crippen LogP contribution is 2.64. The third-order valence-electron chi connectivity index (χ3n) is 9.37. The molecule has 0 radical (unpaired) electrons. The summed E-state index contributed by atoms with van der Waals surface area (Å²) in [4.78, 5) is 28.5. The van der Waals surface area contributed by atoms with Gasteiger partial charge in [-0.2, -0.15) is 5.10 Å². The number of nitrogens with one attached hydrogen (secondary N) is 1. The molecule has 4 aromatic rings. The highest BCUT2D eigenvalue weighted by Gasteiger charge is 2.70. The van der Waals surface area contributed by atoms with E-state index in [9.17, 15) is 14.7 Å². The quantitative estimate of drug-likeness (QED) is 0.286. The zero-order valence-electron chi connectivity index (χ0n) is 22.4. The van der Waals surface area contributed by atoms with E-state index in [1.807, 2.05) is 13.0 Å². The second kappa shape index (κ2) is 8.92. The first-order chi connectivity index (χ1) is 20.2. The van der Waals surface area contributed by atoms with Crippen LogP contribution >= 0.6 is 23.2 Å². The van der Waals surface area contributed by atoms with E-state index < -0.39 is 35.4 Å². The van der Waals surface area contributed by atoms with E-state index >= 15 is 4.39 Å². The van der Waals surface area contributed by atoms with E-state index in [4.69, 9.17) is 33.0 Å². The molecule has 1 saturated heterocycles. The number of amides is 1. The largest absolute Gasteiger partial charge is 0.478 e. The zero-order valence-corrected chi connectivity index (χ0v) is 23.9. The number of ether oxygens (including phenoxy) is 1. The Bertz CT molecular complexity index is 1840. The molecule has 2 N–H and O–H groups in total. The van der Waals surface area contributed by atoms with Gasteiger partial charge in [-0.15, -0.1) is 0 Å². The molecule has 11 heteroatoms. The molecule has 214 valence electrons. The Morgan fingerprint density at radius 2 is 1.98 bits per heavy atom. The first kappa shape index (κ1) is 26.0. The Hall–Kier alpha value is -3.66. The van der Waals surface area contributed by atoms with E-state index in [0.717, 1.165) is 18.4 Å². The number of hydrogen-bond acceptors (Lipinski definition) is 5. The zero-order chi connectivity index (χ0) is 29.1. The second-order valence-electron chi connectivity index (χ2n) is 11.7. The van der Waals surface area contributed by atoms with Crippen molar-refractivity contribution in [2.24, 2.45) is 5.92 Å². The first-order valence-electron chi connectivity index (χ1n) is 13.9. The van der Waals surface area contributed by atoms with E-state index in [2.05, 4.69) is 10.2 Å². The Balaban J connectivity index is 1.45. The predicted molar refractivity (Wildman–Crippen MR) is 155 cm³/mol. The van der Waals surface area contributed by atoms with Gasteiger partial charge in [0.1, 0.15) is 17.5 Å². The van der Waals surface area contributed by atoms with Crippen molar-refractivity contribution in [2.75, 3.05) is 11.9 Å². The highest BCUT2D eigenvalue weighted by molar-refractivity contribution is 6.31. The monoisotopic (exact) mass is 606 g/mol. The second-order valence-corrected chi connectivity index (χ2v) is 12.6. The standard InChI is InChI=1S/C31H25Cl2FN4O4/c1-14-26-27(38-28(42-14)18-9-7-16(29(39)40)11-22(18)36-38)24(19-3-2-4-21(33)25(19)34)31(37(26)13-15-5-6-15)20-10-8-17(32)12-23(20)35-30(31)41/h2-4,7-12,14-15,24,26-27H,5-6,13H2,1H3,(H,35,41)(H,39,40)/t14-,24-,26-,27-,31+/m0/s1. The molecule has 0 bridgehead atoms. The van der Waals surface area contributed by atoms with E-state index in [1.165, 1.54) is 18.2 Å². The highest BCUT2D eigenvalue weighted by atomic mass is 35.5. The number of likely N-dealkylation sites (tertiary alicyclic amines) is 1. The third kappa shape index (κ3) is 3.41. The van der Waals surface area contributed by atoms with Gasteiger partial charge in [0.2, 0.25) is 11.8 Å². The van der Waals surface area contributed by atoms with Crippen LogP contribution in [-0.4, -0.2) is 50.4 Å². The van der Waals surface area contributed by atoms with E-state index in [1.54, 1.807) is 35.0 Å². The number of aromatic nitrogens is 2. The maximum atomic E-state index is 16.2. The summed E-state index contributed by atoms with van der Waals surface area (Å²) in [6.45, 7) is 2.58. The van der Waals surface area contributed by atoms with Gasteiger partial charge in [-0.3, -0.25) is 9.69 Å². The summed E-state index contributed by atoms with van der Waals surface area (Å²) in [5.41, 5.74) is 0.840. The molecule has 3 aliphatic heterocycles. The van der Waals surface area contributed by atoms with Crippen LogP contribution < -0.4 is 10.1 Å². The van der Waals surface area contributed by atoms with Crippen molar-refractivity contribution < 1.29 is 23.8 Å². The number of halogens is 3. The Morgan fingerprint density at radius 3 is 2.74 bits per heavy atom. The normalized spacial score (nSPS) is 28.0. The molecule has 5 atom stereocenters. The van der Waals surface area contributed by atoms with E-state index in [-0.39, 0.29) is 22.5 Å². The van der Waals surface area contributed by atoms with Crippen LogP contribution in [0.4, 0.5) is 10.1 Å². The molecule has 1 spiro atoms. The van der Waals surface area contributed by atoms with Crippen molar-refractivity contribution in [2.45, 2.75) is 49.4 Å². The first-order valence-corrected chi connectivity index (χ1v) is 14.7. The van der Waals surface area contributed by atoms with Crippen molar-refractivity contribution in [1.29, 1.82) is 0 Å². The third-order valence-corrected chi connectivity index (χ3v) is 9.90. The summed E-state index contributed by atoms with van der Waals surface area (Å²) in [5, 5.41) is 18.6. The van der Waals surface area contributed by atoms with Gasteiger partial charge in [-0.1, -0.05) is 41.4 Å². The number of carboxylic acids is 1. The molecule has 1 saturated carbocycles. The summed E-state index contributed by atoms with van der Waals surface area (Å²) in [6, 6.07) is 14.0. The minimum Gasteiger partial charge on any atom is -0.478 e. The van der Waals surface area contributed by atoms with Gasteiger partial charge in [0, 0.05) is 28.7 Å². The van der Waals surface area contributed by atoms with Gasteiger partial charge < -0.3 is 15.2 Å². The molecule has 8 rings (SSSR count). The van der Waals surface area contributed by atoms with Gasteiger partial charge in [-0.25, -0.2) is 13.9 Å². The van der Waals surface area contributed by atoms with Crippen LogP contribution in [0.2, 0.25) is 10.0 Å². The van der Waals surface area contributed by atoms with Crippen LogP contribution in [0.1, 0.15) is 53.2 Å². The molecule has 8 nitrogen and oxygen atoms in total. The fourth-order valence-electron chi connectivity index (χ4n) is 7.54. The molecule has 4 heterocycles. The Labute approximate surface area is 250 Å². The summed E-state index contributed by atoms with van der Waals surface area (Å²) in [7, 11) is 0. The average Bonchev–Trinajstić information content (AvgIpc) is 3.54. The van der Waals surface area contributed by atoms with Gasteiger partial charge in [0.15, 0.2) is 0 Å². The fourth-order valence-corrected chi connectivity index (χ4v) is 7.89. The molecule has 1 amide bonds. The molecule has 4 aliphatic rings. The molecule has 2 fully saturated rings. The Morgan fingerprint density at radius 1 is 1.17 bits per heavy atom. The van der Waals surface area contributed by atoms with Crippen LogP contribution in [-0.2, 0) is 10.3 Å². The molecular formula is C31H25Cl2FN4O4. The van der Waals surface area contributed by atoms with Gasteiger partial charge in [-0.05, 0) is 67.6 Å². The summed E-state index contributed by atoms with van der Waals surface area (Å²) in [6.07, 6.45) is 1.67. The molecule has 3 aromatic carbocycles. The fraction of sp³-hybridized carbons (Fsp3) is 0.323. The lowest BCUT2D eigenvalue weighted by Crippen LogP contribution is -2.56. The number of carbonyl (C=O) groups is 2. The summed E-state index contributed by atoms with van der Waals surface area (Å²) < 4.78 is 24.5. The minimum absolute atomic E-state index is 0.0355. The van der Waals surface area contributed by atoms with Crippen molar-refractivity contribution in [1.82, 2.24) is 14.7 Å². The summed E-state index contributed by atoms with van der Waals surface area (Å²) >= 11 is 12.8. The number of nitrogens with zero attached hydrogens (tertiary/aromatic N) is 3. The molecule has 0 unspecified atom stereocenters. The molecule has 42 heavy (non-hydrogen) atoms. The number of hydrogen-bond donors (Lipinski definition) is 2. The Kier molecular flexibility index (Phi) is 5.52. The lowest BCUT2D eigenvalue weighted by Gasteiger charge is -2.41. The van der Waals surface area contributed by atoms with Crippen LogP contribution in [0.15, 0.2) is 54.6 Å². The van der Waals surface area contributed by atoms with Crippen molar-refractivity contribution in [3.8, 4) is 5.88 Å². The average molecular weight is 607 g/mol. The summed E-state index contributed by atoms with van der Waals surface area (Å²) in [5.74, 6) is -1.84. The number of carboxylic acid groups (broad SMARTS) is 1. The number of aromatic carboxylic acids is 1. The molecular weight excluding hydrogens is 582 g/mol. The lowest BCUT2D eigenvalue weighted by atomic mass is 9.73. The lowest BCUT2D eigenvalue weighted by molar-refractivity contribution is -0.128. The molecule has 1 aromatic heterocycles. The van der Waals surface area contributed by atoms with Crippen LogP contribution in [0.5, 0.6) is 5.88 Å². The number of anilines is 1. The maximum Gasteiger partial charge on any atom is 0.335 e. The minimum atomic E-state index is -1.31. The van der Waals surface area contributed by atoms with Crippen molar-refractivity contribution in [3.63, 3.8) is 0 Å². The number of benzene rings is 3. The van der Waals surface area contributed by atoms with Crippen molar-refractivity contribution in [3.05, 3.63) is 87.2 Å².